The zero-order valence-electron chi connectivity index (χ0n) is 14.2. The Morgan fingerprint density at radius 2 is 2.04 bits per heavy atom. The van der Waals surface area contributed by atoms with Gasteiger partial charge in [-0.1, -0.05) is 6.07 Å². The first-order chi connectivity index (χ1) is 11.9. The first-order valence-corrected chi connectivity index (χ1v) is 8.67. The molecule has 0 saturated heterocycles. The van der Waals surface area contributed by atoms with Crippen molar-refractivity contribution in [1.29, 1.82) is 0 Å². The van der Waals surface area contributed by atoms with Gasteiger partial charge in [-0.3, -0.25) is 4.79 Å². The van der Waals surface area contributed by atoms with Crippen LogP contribution >= 0.6 is 11.3 Å². The van der Waals surface area contributed by atoms with Gasteiger partial charge in [0.15, 0.2) is 0 Å². The van der Waals surface area contributed by atoms with Gasteiger partial charge in [-0.05, 0) is 48.1 Å². The maximum Gasteiger partial charge on any atom is 0.505 e. The Morgan fingerprint density at radius 3 is 2.76 bits per heavy atom. The Morgan fingerprint density at radius 1 is 1.28 bits per heavy atom. The number of fused-ring (bicyclic) bond motifs is 1. The van der Waals surface area contributed by atoms with Crippen molar-refractivity contribution in [3.05, 3.63) is 50.8 Å². The Hall–Kier alpha value is -2.67. The number of aryl methyl sites for hydroxylation is 3. The highest BCUT2D eigenvalue weighted by Crippen LogP contribution is 2.35. The number of nitrogens with zero attached hydrogens (tertiary/aromatic N) is 2. The lowest BCUT2D eigenvalue weighted by Gasteiger charge is -2.16. The van der Waals surface area contributed by atoms with E-state index in [1.165, 1.54) is 4.68 Å². The summed E-state index contributed by atoms with van der Waals surface area (Å²) in [5.74, 6) is 0. The largest absolute Gasteiger partial charge is 0.505 e. The van der Waals surface area contributed by atoms with Crippen molar-refractivity contribution in [2.75, 3.05) is 6.61 Å². The molecular formula is C18H18N2O4S. The van der Waals surface area contributed by atoms with Gasteiger partial charge in [0.25, 0.3) is 5.56 Å². The van der Waals surface area contributed by atoms with E-state index in [0.717, 1.165) is 26.8 Å². The van der Waals surface area contributed by atoms with Crippen molar-refractivity contribution in [3.63, 3.8) is 0 Å². The molecule has 1 N–H and O–H groups in total. The molecule has 2 heterocycles. The number of ether oxygens (including phenoxy) is 1. The smallest absolute Gasteiger partial charge is 0.450 e. The molecule has 0 aliphatic rings. The second-order valence-corrected chi connectivity index (χ2v) is 6.77. The average Bonchev–Trinajstić information content (AvgIpc) is 3.01. The maximum atomic E-state index is 12.9. The number of carboxylic acid groups (broad SMARTS) is 1. The molecule has 6 nitrogen and oxygen atoms in total. The van der Waals surface area contributed by atoms with Gasteiger partial charge in [0.1, 0.15) is 0 Å². The molecular weight excluding hydrogens is 340 g/mol. The van der Waals surface area contributed by atoms with Gasteiger partial charge in [-0.2, -0.15) is 5.10 Å². The van der Waals surface area contributed by atoms with E-state index in [-0.39, 0.29) is 12.2 Å². The lowest BCUT2D eigenvalue weighted by molar-refractivity contribution is 0.0926. The quantitative estimate of drug-likeness (QED) is 0.722. The fourth-order valence-corrected chi connectivity index (χ4v) is 3.89. The van der Waals surface area contributed by atoms with Crippen molar-refractivity contribution in [3.8, 4) is 11.1 Å². The third-order valence-corrected chi connectivity index (χ3v) is 5.10. The maximum absolute atomic E-state index is 12.9. The summed E-state index contributed by atoms with van der Waals surface area (Å²) in [6.45, 7) is 3.78. The molecule has 1 aromatic carbocycles. The topological polar surface area (TPSA) is 81.4 Å². The van der Waals surface area contributed by atoms with Crippen molar-refractivity contribution >= 4 is 27.6 Å². The van der Waals surface area contributed by atoms with Crippen molar-refractivity contribution in [1.82, 2.24) is 9.78 Å². The zero-order chi connectivity index (χ0) is 18.1. The third-order valence-electron chi connectivity index (χ3n) is 4.22. The fourth-order valence-electron chi connectivity index (χ4n) is 3.09. The minimum atomic E-state index is -1.33. The molecule has 0 aliphatic heterocycles. The Balaban J connectivity index is 2.26. The van der Waals surface area contributed by atoms with Crippen LogP contribution in [0.2, 0.25) is 0 Å². The number of rotatable bonds is 4. The first kappa shape index (κ1) is 17.2. The van der Waals surface area contributed by atoms with E-state index in [9.17, 15) is 9.59 Å². The first-order valence-electron chi connectivity index (χ1n) is 7.80. The summed E-state index contributed by atoms with van der Waals surface area (Å²) in [6, 6.07) is 6.06. The van der Waals surface area contributed by atoms with E-state index in [4.69, 9.17) is 5.11 Å². The monoisotopic (exact) mass is 358 g/mol. The molecule has 0 spiro atoms. The van der Waals surface area contributed by atoms with Gasteiger partial charge in [0.05, 0.1) is 17.9 Å². The van der Waals surface area contributed by atoms with Crippen LogP contribution in [-0.4, -0.2) is 27.6 Å². The van der Waals surface area contributed by atoms with Crippen LogP contribution in [0.3, 0.4) is 0 Å². The molecule has 0 saturated carbocycles. The molecule has 130 valence electrons. The minimum absolute atomic E-state index is 0.0172. The Kier molecular flexibility index (Phi) is 4.59. The lowest BCUT2D eigenvalue weighted by Crippen LogP contribution is -2.25. The van der Waals surface area contributed by atoms with Crippen molar-refractivity contribution in [2.45, 2.75) is 20.3 Å². The van der Waals surface area contributed by atoms with E-state index in [1.54, 1.807) is 18.4 Å². The lowest BCUT2D eigenvalue weighted by atomic mass is 9.92. The van der Waals surface area contributed by atoms with Crippen LogP contribution in [0.25, 0.3) is 21.2 Å². The van der Waals surface area contributed by atoms with E-state index in [1.807, 2.05) is 37.4 Å². The van der Waals surface area contributed by atoms with E-state index in [2.05, 4.69) is 9.84 Å². The fraction of sp³-hybridized carbons (Fsp3) is 0.278. The van der Waals surface area contributed by atoms with Crippen LogP contribution in [0.5, 0.6) is 0 Å². The number of hydrogen-bond donors (Lipinski definition) is 1. The number of benzene rings is 1. The molecule has 7 heteroatoms. The molecule has 0 bridgehead atoms. The van der Waals surface area contributed by atoms with Crippen LogP contribution < -0.4 is 5.56 Å². The molecule has 25 heavy (non-hydrogen) atoms. The van der Waals surface area contributed by atoms with Gasteiger partial charge in [0, 0.05) is 23.6 Å². The Bertz CT molecular complexity index is 1020. The molecule has 0 radical (unpaired) electrons. The molecule has 2 aromatic heterocycles. The highest BCUT2D eigenvalue weighted by Gasteiger charge is 2.20. The standard InChI is InChI=1S/C18H18N2O4S/c1-10-4-5-14-13(7-9-25-14)15(10)16-12(6-8-24-18(22)23)11(2)19-20(3)17(16)21/h4-5,7,9H,6,8H2,1-3H3,(H,22,23). The summed E-state index contributed by atoms with van der Waals surface area (Å²) in [7, 11) is 1.62. The minimum Gasteiger partial charge on any atom is -0.450 e. The van der Waals surface area contributed by atoms with Gasteiger partial charge in [-0.15, -0.1) is 11.3 Å². The predicted molar refractivity (Wildman–Crippen MR) is 97.5 cm³/mol. The van der Waals surface area contributed by atoms with E-state index < -0.39 is 6.16 Å². The van der Waals surface area contributed by atoms with E-state index in [0.29, 0.717) is 17.7 Å². The molecule has 0 atom stereocenters. The van der Waals surface area contributed by atoms with Gasteiger partial charge in [0.2, 0.25) is 0 Å². The molecule has 0 fully saturated rings. The van der Waals surface area contributed by atoms with Crippen LogP contribution in [0.4, 0.5) is 4.79 Å². The molecule has 3 aromatic rings. The molecule has 0 unspecified atom stereocenters. The summed E-state index contributed by atoms with van der Waals surface area (Å²) in [4.78, 5) is 23.5. The van der Waals surface area contributed by atoms with Crippen LogP contribution in [0.15, 0.2) is 28.4 Å². The summed E-state index contributed by atoms with van der Waals surface area (Å²) in [5, 5.41) is 16.0. The Labute approximate surface area is 148 Å². The molecule has 0 amide bonds. The van der Waals surface area contributed by atoms with Gasteiger partial charge in [-0.25, -0.2) is 9.48 Å². The third kappa shape index (κ3) is 3.15. The highest BCUT2D eigenvalue weighted by atomic mass is 32.1. The summed E-state index contributed by atoms with van der Waals surface area (Å²) in [6.07, 6.45) is -1.02. The number of hydrogen-bond acceptors (Lipinski definition) is 5. The summed E-state index contributed by atoms with van der Waals surface area (Å²) in [5.41, 5.74) is 3.68. The van der Waals surface area contributed by atoms with E-state index >= 15 is 0 Å². The number of thiophene rings is 1. The average molecular weight is 358 g/mol. The predicted octanol–water partition coefficient (Wildman–Crippen LogP) is 3.52. The van der Waals surface area contributed by atoms with Crippen molar-refractivity contribution < 1.29 is 14.6 Å². The molecule has 3 rings (SSSR count). The SMILES string of the molecule is Cc1ccc2sccc2c1-c1c(CCOC(=O)O)c(C)nn(C)c1=O. The van der Waals surface area contributed by atoms with Crippen molar-refractivity contribution in [2.24, 2.45) is 7.05 Å². The summed E-state index contributed by atoms with van der Waals surface area (Å²) >= 11 is 1.62. The molecule has 0 aliphatic carbocycles. The van der Waals surface area contributed by atoms with Crippen LogP contribution in [-0.2, 0) is 18.2 Å². The second kappa shape index (κ2) is 6.68. The summed E-state index contributed by atoms with van der Waals surface area (Å²) < 4.78 is 7.08. The van der Waals surface area contributed by atoms with Gasteiger partial charge < -0.3 is 9.84 Å². The normalized spacial score (nSPS) is 11.0. The van der Waals surface area contributed by atoms with Crippen LogP contribution in [0, 0.1) is 13.8 Å². The second-order valence-electron chi connectivity index (χ2n) is 5.82. The highest BCUT2D eigenvalue weighted by molar-refractivity contribution is 7.17. The zero-order valence-corrected chi connectivity index (χ0v) is 15.0. The number of aromatic nitrogens is 2. The number of carbonyl (C=O) groups is 1. The van der Waals surface area contributed by atoms with Gasteiger partial charge >= 0.3 is 6.16 Å². The van der Waals surface area contributed by atoms with Crippen LogP contribution in [0.1, 0.15) is 16.8 Å².